The number of rotatable bonds is 6. The molecule has 0 bridgehead atoms. The van der Waals surface area contributed by atoms with E-state index < -0.39 is 0 Å². The van der Waals surface area contributed by atoms with E-state index in [2.05, 4.69) is 12.2 Å². The summed E-state index contributed by atoms with van der Waals surface area (Å²) in [4.78, 5) is 0. The molecule has 1 aliphatic carbocycles. The molecule has 0 radical (unpaired) electrons. The molecule has 90 valence electrons. The predicted molar refractivity (Wildman–Crippen MR) is 72.1 cm³/mol. The highest BCUT2D eigenvalue weighted by molar-refractivity contribution is 7.99. The highest BCUT2D eigenvalue weighted by Gasteiger charge is 2.20. The maximum absolute atomic E-state index is 6.36. The van der Waals surface area contributed by atoms with E-state index in [1.54, 1.807) is 0 Å². The molecule has 1 rings (SSSR count). The molecule has 0 heterocycles. The third kappa shape index (κ3) is 6.03. The van der Waals surface area contributed by atoms with Crippen molar-refractivity contribution in [1.82, 2.24) is 5.32 Å². The van der Waals surface area contributed by atoms with Crippen LogP contribution in [0.15, 0.2) is 0 Å². The van der Waals surface area contributed by atoms with Gasteiger partial charge in [0, 0.05) is 11.4 Å². The summed E-state index contributed by atoms with van der Waals surface area (Å²) in [6.45, 7) is 3.36. The molecule has 0 saturated heterocycles. The summed E-state index contributed by atoms with van der Waals surface area (Å²) < 4.78 is 0. The van der Waals surface area contributed by atoms with E-state index >= 15 is 0 Å². The Hall–Kier alpha value is 0.600. The minimum absolute atomic E-state index is 0.367. The van der Waals surface area contributed by atoms with Crippen LogP contribution in [-0.2, 0) is 0 Å². The van der Waals surface area contributed by atoms with E-state index in [1.807, 2.05) is 11.8 Å². The van der Waals surface area contributed by atoms with Gasteiger partial charge < -0.3 is 5.32 Å². The minimum atomic E-state index is 0.367. The van der Waals surface area contributed by atoms with Crippen LogP contribution < -0.4 is 5.32 Å². The van der Waals surface area contributed by atoms with E-state index in [-0.39, 0.29) is 0 Å². The molecule has 1 nitrogen and oxygen atoms in total. The smallest absolute Gasteiger partial charge is 0.0489 e. The summed E-state index contributed by atoms with van der Waals surface area (Å²) in [5.74, 6) is 2.52. The Labute approximate surface area is 104 Å². The van der Waals surface area contributed by atoms with Crippen molar-refractivity contribution < 1.29 is 0 Å². The third-order valence-electron chi connectivity index (χ3n) is 3.01. The fourth-order valence-electron chi connectivity index (χ4n) is 2.10. The normalized spacial score (nSPS) is 27.6. The molecule has 0 aliphatic heterocycles. The maximum atomic E-state index is 6.36. The molecule has 0 aromatic carbocycles. The zero-order valence-electron chi connectivity index (χ0n) is 9.80. The number of nitrogens with one attached hydrogen (secondary N) is 1. The van der Waals surface area contributed by atoms with Crippen molar-refractivity contribution in [3.63, 3.8) is 0 Å². The summed E-state index contributed by atoms with van der Waals surface area (Å²) in [6, 6.07) is 0.570. The largest absolute Gasteiger partial charge is 0.312 e. The minimum Gasteiger partial charge on any atom is -0.312 e. The predicted octanol–water partition coefficient (Wildman–Crippen LogP) is 3.66. The van der Waals surface area contributed by atoms with Crippen LogP contribution in [0.2, 0.25) is 0 Å². The summed E-state index contributed by atoms with van der Waals surface area (Å²) in [5.41, 5.74) is 0. The number of alkyl halides is 1. The lowest BCUT2D eigenvalue weighted by molar-refractivity contribution is 0.467. The van der Waals surface area contributed by atoms with E-state index in [9.17, 15) is 0 Å². The first kappa shape index (κ1) is 13.7. The van der Waals surface area contributed by atoms with Gasteiger partial charge in [-0.25, -0.2) is 0 Å². The molecule has 0 aromatic heterocycles. The van der Waals surface area contributed by atoms with Crippen LogP contribution in [-0.4, -0.2) is 29.5 Å². The number of halogens is 1. The van der Waals surface area contributed by atoms with Gasteiger partial charge in [0.05, 0.1) is 0 Å². The van der Waals surface area contributed by atoms with Crippen LogP contribution in [0, 0.1) is 0 Å². The van der Waals surface area contributed by atoms with Crippen molar-refractivity contribution in [2.75, 3.05) is 18.1 Å². The maximum Gasteiger partial charge on any atom is 0.0489 e. The molecule has 0 amide bonds. The van der Waals surface area contributed by atoms with Gasteiger partial charge in [-0.05, 0) is 37.3 Å². The standard InChI is InChI=1S/C12H24ClNS/c1-2-15-10-6-9-14-12-8-5-3-4-7-11(12)13/h11-12,14H,2-10H2,1H3. The van der Waals surface area contributed by atoms with Gasteiger partial charge in [0.15, 0.2) is 0 Å². The second-order valence-corrected chi connectivity index (χ2v) is 6.22. The highest BCUT2D eigenvalue weighted by Crippen LogP contribution is 2.22. The van der Waals surface area contributed by atoms with Crippen molar-refractivity contribution >= 4 is 23.4 Å². The van der Waals surface area contributed by atoms with Gasteiger partial charge in [-0.15, -0.1) is 11.6 Å². The zero-order chi connectivity index (χ0) is 10.9. The second kappa shape index (κ2) is 8.72. The van der Waals surface area contributed by atoms with Crippen LogP contribution in [0.4, 0.5) is 0 Å². The van der Waals surface area contributed by atoms with Crippen molar-refractivity contribution in [3.05, 3.63) is 0 Å². The fourth-order valence-corrected chi connectivity index (χ4v) is 3.10. The molecule has 1 saturated carbocycles. The van der Waals surface area contributed by atoms with Crippen LogP contribution in [0.1, 0.15) is 45.4 Å². The molecule has 2 atom stereocenters. The summed E-state index contributed by atoms with van der Waals surface area (Å²) in [6.07, 6.45) is 7.78. The van der Waals surface area contributed by atoms with E-state index in [4.69, 9.17) is 11.6 Å². The lowest BCUT2D eigenvalue weighted by Gasteiger charge is -2.21. The summed E-state index contributed by atoms with van der Waals surface area (Å²) in [5, 5.41) is 3.99. The average molecular weight is 250 g/mol. The van der Waals surface area contributed by atoms with Crippen LogP contribution in [0.5, 0.6) is 0 Å². The van der Waals surface area contributed by atoms with Gasteiger partial charge in [0.1, 0.15) is 0 Å². The zero-order valence-corrected chi connectivity index (χ0v) is 11.4. The molecule has 3 heteroatoms. The molecule has 15 heavy (non-hydrogen) atoms. The van der Waals surface area contributed by atoms with E-state index in [1.165, 1.54) is 50.0 Å². The average Bonchev–Trinajstić information content (AvgIpc) is 2.44. The summed E-state index contributed by atoms with van der Waals surface area (Å²) >= 11 is 8.39. The SMILES string of the molecule is CCSCCCNC1CCCCCC1Cl. The Morgan fingerprint density at radius 3 is 2.87 bits per heavy atom. The lowest BCUT2D eigenvalue weighted by atomic mass is 10.1. The van der Waals surface area contributed by atoms with Gasteiger partial charge in [-0.2, -0.15) is 11.8 Å². The van der Waals surface area contributed by atoms with E-state index in [0.717, 1.165) is 6.54 Å². The monoisotopic (exact) mass is 249 g/mol. The molecule has 1 aliphatic rings. The second-order valence-electron chi connectivity index (χ2n) is 4.27. The lowest BCUT2D eigenvalue weighted by Crippen LogP contribution is -2.37. The van der Waals surface area contributed by atoms with Gasteiger partial charge >= 0.3 is 0 Å². The Kier molecular flexibility index (Phi) is 7.94. The van der Waals surface area contributed by atoms with Gasteiger partial charge in [0.2, 0.25) is 0 Å². The van der Waals surface area contributed by atoms with Crippen LogP contribution in [0.3, 0.4) is 0 Å². The molecule has 0 aromatic rings. The van der Waals surface area contributed by atoms with Crippen molar-refractivity contribution in [2.24, 2.45) is 0 Å². The quantitative estimate of drug-likeness (QED) is 0.438. The first-order valence-electron chi connectivity index (χ1n) is 6.29. The Balaban J connectivity index is 2.07. The summed E-state index contributed by atoms with van der Waals surface area (Å²) in [7, 11) is 0. The fraction of sp³-hybridized carbons (Fsp3) is 1.00. The Morgan fingerprint density at radius 2 is 2.07 bits per heavy atom. The van der Waals surface area contributed by atoms with Gasteiger partial charge in [-0.3, -0.25) is 0 Å². The van der Waals surface area contributed by atoms with Crippen molar-refractivity contribution in [2.45, 2.75) is 56.9 Å². The van der Waals surface area contributed by atoms with Crippen LogP contribution in [0.25, 0.3) is 0 Å². The van der Waals surface area contributed by atoms with Gasteiger partial charge in [0.25, 0.3) is 0 Å². The molecular weight excluding hydrogens is 226 g/mol. The number of hydrogen-bond donors (Lipinski definition) is 1. The van der Waals surface area contributed by atoms with Crippen LogP contribution >= 0.6 is 23.4 Å². The number of hydrogen-bond acceptors (Lipinski definition) is 2. The first-order chi connectivity index (χ1) is 7.34. The molecule has 0 spiro atoms. The molecular formula is C12H24ClNS. The number of thioether (sulfide) groups is 1. The van der Waals surface area contributed by atoms with Crippen molar-refractivity contribution in [1.29, 1.82) is 0 Å². The first-order valence-corrected chi connectivity index (χ1v) is 7.89. The highest BCUT2D eigenvalue weighted by atomic mass is 35.5. The molecule has 2 unspecified atom stereocenters. The Bertz CT molecular complexity index is 155. The molecule has 1 fully saturated rings. The van der Waals surface area contributed by atoms with Crippen molar-refractivity contribution in [3.8, 4) is 0 Å². The Morgan fingerprint density at radius 1 is 1.27 bits per heavy atom. The van der Waals surface area contributed by atoms with E-state index in [0.29, 0.717) is 11.4 Å². The topological polar surface area (TPSA) is 12.0 Å². The molecule has 1 N–H and O–H groups in total. The van der Waals surface area contributed by atoms with Gasteiger partial charge in [-0.1, -0.05) is 26.2 Å². The third-order valence-corrected chi connectivity index (χ3v) is 4.52.